The summed E-state index contributed by atoms with van der Waals surface area (Å²) in [5.41, 5.74) is 0. The first-order valence-corrected chi connectivity index (χ1v) is 3.23. The van der Waals surface area contributed by atoms with Crippen LogP contribution in [0.15, 0.2) is 0 Å². The lowest BCUT2D eigenvalue weighted by Crippen LogP contribution is -2.21. The van der Waals surface area contributed by atoms with E-state index in [1.165, 1.54) is 0 Å². The van der Waals surface area contributed by atoms with E-state index in [0.717, 1.165) is 0 Å². The lowest BCUT2D eigenvalue weighted by molar-refractivity contribution is -0.150. The summed E-state index contributed by atoms with van der Waals surface area (Å²) in [7, 11) is 0. The van der Waals surface area contributed by atoms with Gasteiger partial charge in [0.2, 0.25) is 0 Å². The fraction of sp³-hybridized carbons (Fsp3) is 0.833. The Hall–Kier alpha value is -0.610. The second kappa shape index (κ2) is 2.98. The number of aliphatic hydroxyl groups excluding tert-OH is 1. The van der Waals surface area contributed by atoms with Crippen molar-refractivity contribution in [1.82, 2.24) is 0 Å². The van der Waals surface area contributed by atoms with Gasteiger partial charge in [-0.15, -0.1) is 0 Å². The molecule has 0 unspecified atom stereocenters. The molecule has 0 amide bonds. The summed E-state index contributed by atoms with van der Waals surface area (Å²) in [6, 6.07) is 0. The Morgan fingerprint density at radius 1 is 1.60 bits per heavy atom. The van der Waals surface area contributed by atoms with Gasteiger partial charge in [-0.25, -0.2) is 4.79 Å². The Kier molecular flexibility index (Phi) is 2.24. The number of aliphatic carboxylic acids is 1. The molecule has 1 fully saturated rings. The fourth-order valence-electron chi connectivity index (χ4n) is 1.02. The standard InChI is InChI=1S/C6H10O4/c7-3-4-1-2-5(10-4)6(8)9/h4-5,7H,1-3H2,(H,8,9)/t4-,5-/m1/s1. The molecule has 1 aliphatic heterocycles. The van der Waals surface area contributed by atoms with Crippen molar-refractivity contribution in [1.29, 1.82) is 0 Å². The quantitative estimate of drug-likeness (QED) is 0.556. The monoisotopic (exact) mass is 146 g/mol. The molecule has 0 saturated carbocycles. The van der Waals surface area contributed by atoms with E-state index in [4.69, 9.17) is 14.9 Å². The van der Waals surface area contributed by atoms with Crippen molar-refractivity contribution in [2.24, 2.45) is 0 Å². The topological polar surface area (TPSA) is 66.8 Å². The van der Waals surface area contributed by atoms with Crippen LogP contribution in [0.1, 0.15) is 12.8 Å². The van der Waals surface area contributed by atoms with E-state index in [2.05, 4.69) is 0 Å². The third-order valence-electron chi connectivity index (χ3n) is 1.59. The van der Waals surface area contributed by atoms with Crippen LogP contribution in [0.5, 0.6) is 0 Å². The number of carboxylic acid groups (broad SMARTS) is 1. The second-order valence-electron chi connectivity index (χ2n) is 2.34. The summed E-state index contributed by atoms with van der Waals surface area (Å²) in [5.74, 6) is -0.934. The largest absolute Gasteiger partial charge is 0.479 e. The summed E-state index contributed by atoms with van der Waals surface area (Å²) < 4.78 is 4.92. The maximum atomic E-state index is 10.3. The molecule has 1 aliphatic rings. The molecular weight excluding hydrogens is 136 g/mol. The molecule has 4 heteroatoms. The van der Waals surface area contributed by atoms with Crippen LogP contribution in [-0.2, 0) is 9.53 Å². The molecule has 4 nitrogen and oxygen atoms in total. The predicted molar refractivity (Wildman–Crippen MR) is 32.6 cm³/mol. The molecule has 2 N–H and O–H groups in total. The Bertz CT molecular complexity index is 134. The first-order valence-electron chi connectivity index (χ1n) is 3.23. The summed E-state index contributed by atoms with van der Waals surface area (Å²) in [6.07, 6.45) is 0.201. The van der Waals surface area contributed by atoms with Crippen LogP contribution in [0.4, 0.5) is 0 Å². The zero-order valence-electron chi connectivity index (χ0n) is 5.49. The van der Waals surface area contributed by atoms with Gasteiger partial charge in [0.1, 0.15) is 0 Å². The Morgan fingerprint density at radius 2 is 2.30 bits per heavy atom. The SMILES string of the molecule is O=C(O)[C@H]1CC[C@H](CO)O1. The van der Waals surface area contributed by atoms with Gasteiger partial charge in [0.25, 0.3) is 0 Å². The Balaban J connectivity index is 2.35. The van der Waals surface area contributed by atoms with E-state index < -0.39 is 12.1 Å². The highest BCUT2D eigenvalue weighted by atomic mass is 16.5. The number of carboxylic acids is 1. The summed E-state index contributed by atoms with van der Waals surface area (Å²) >= 11 is 0. The molecule has 0 spiro atoms. The number of carbonyl (C=O) groups is 1. The van der Waals surface area contributed by atoms with Crippen molar-refractivity contribution in [3.63, 3.8) is 0 Å². The minimum Gasteiger partial charge on any atom is -0.479 e. The van der Waals surface area contributed by atoms with Gasteiger partial charge in [0, 0.05) is 0 Å². The predicted octanol–water partition coefficient (Wildman–Crippen LogP) is -0.389. The van der Waals surface area contributed by atoms with Crippen LogP contribution in [0.2, 0.25) is 0 Å². The minimum atomic E-state index is -0.934. The van der Waals surface area contributed by atoms with Crippen LogP contribution < -0.4 is 0 Å². The first kappa shape index (κ1) is 7.50. The molecule has 58 valence electrons. The molecule has 1 heterocycles. The molecule has 1 saturated heterocycles. The van der Waals surface area contributed by atoms with Crippen LogP contribution in [0.25, 0.3) is 0 Å². The van der Waals surface area contributed by atoms with E-state index in [1.807, 2.05) is 0 Å². The molecular formula is C6H10O4. The third-order valence-corrected chi connectivity index (χ3v) is 1.59. The highest BCUT2D eigenvalue weighted by molar-refractivity contribution is 5.72. The second-order valence-corrected chi connectivity index (χ2v) is 2.34. The molecule has 0 aromatic carbocycles. The van der Waals surface area contributed by atoms with E-state index in [0.29, 0.717) is 12.8 Å². The van der Waals surface area contributed by atoms with Crippen molar-refractivity contribution in [3.05, 3.63) is 0 Å². The van der Waals surface area contributed by atoms with Gasteiger partial charge in [-0.2, -0.15) is 0 Å². The van der Waals surface area contributed by atoms with Crippen LogP contribution in [0.3, 0.4) is 0 Å². The zero-order chi connectivity index (χ0) is 7.56. The smallest absolute Gasteiger partial charge is 0.332 e. The molecule has 2 atom stereocenters. The third kappa shape index (κ3) is 1.46. The van der Waals surface area contributed by atoms with Crippen LogP contribution in [-0.4, -0.2) is 35.0 Å². The number of aliphatic hydroxyl groups is 1. The van der Waals surface area contributed by atoms with E-state index in [1.54, 1.807) is 0 Å². The summed E-state index contributed by atoms with van der Waals surface area (Å²) in [6.45, 7) is -0.0796. The van der Waals surface area contributed by atoms with Crippen molar-refractivity contribution in [2.45, 2.75) is 25.0 Å². The highest BCUT2D eigenvalue weighted by Crippen LogP contribution is 2.18. The molecule has 10 heavy (non-hydrogen) atoms. The zero-order valence-corrected chi connectivity index (χ0v) is 5.49. The van der Waals surface area contributed by atoms with Gasteiger partial charge in [0.05, 0.1) is 12.7 Å². The summed E-state index contributed by atoms with van der Waals surface area (Å²) in [4.78, 5) is 10.3. The van der Waals surface area contributed by atoms with E-state index >= 15 is 0 Å². The summed E-state index contributed by atoms with van der Waals surface area (Å²) in [5, 5.41) is 17.0. The Labute approximate surface area is 58.4 Å². The maximum Gasteiger partial charge on any atom is 0.332 e. The number of ether oxygens (including phenoxy) is 1. The van der Waals surface area contributed by atoms with Crippen molar-refractivity contribution in [2.75, 3.05) is 6.61 Å². The number of hydrogen-bond acceptors (Lipinski definition) is 3. The van der Waals surface area contributed by atoms with Gasteiger partial charge >= 0.3 is 5.97 Å². The lowest BCUT2D eigenvalue weighted by atomic mass is 10.2. The van der Waals surface area contributed by atoms with Crippen LogP contribution >= 0.6 is 0 Å². The Morgan fingerprint density at radius 3 is 2.60 bits per heavy atom. The van der Waals surface area contributed by atoms with E-state index in [9.17, 15) is 4.79 Å². The molecule has 0 radical (unpaired) electrons. The number of rotatable bonds is 2. The fourth-order valence-corrected chi connectivity index (χ4v) is 1.02. The number of hydrogen-bond donors (Lipinski definition) is 2. The average Bonchev–Trinajstić information content (AvgIpc) is 2.34. The molecule has 0 aromatic heterocycles. The van der Waals surface area contributed by atoms with E-state index in [-0.39, 0.29) is 12.7 Å². The molecule has 1 rings (SSSR count). The van der Waals surface area contributed by atoms with Gasteiger partial charge in [-0.3, -0.25) is 0 Å². The minimum absolute atomic E-state index is 0.0796. The van der Waals surface area contributed by atoms with Gasteiger partial charge < -0.3 is 14.9 Å². The van der Waals surface area contributed by atoms with Gasteiger partial charge in [-0.1, -0.05) is 0 Å². The van der Waals surface area contributed by atoms with Crippen molar-refractivity contribution >= 4 is 5.97 Å². The maximum absolute atomic E-state index is 10.3. The average molecular weight is 146 g/mol. The van der Waals surface area contributed by atoms with Crippen LogP contribution in [0, 0.1) is 0 Å². The van der Waals surface area contributed by atoms with Crippen molar-refractivity contribution in [3.8, 4) is 0 Å². The molecule has 0 bridgehead atoms. The normalized spacial score (nSPS) is 32.5. The highest BCUT2D eigenvalue weighted by Gasteiger charge is 2.29. The first-order chi connectivity index (χ1) is 4.74. The van der Waals surface area contributed by atoms with Gasteiger partial charge in [-0.05, 0) is 12.8 Å². The molecule has 0 aromatic rings. The molecule has 0 aliphatic carbocycles. The van der Waals surface area contributed by atoms with Crippen molar-refractivity contribution < 1.29 is 19.7 Å². The van der Waals surface area contributed by atoms with Gasteiger partial charge in [0.15, 0.2) is 6.10 Å². The lowest BCUT2D eigenvalue weighted by Gasteiger charge is -2.06.